The third-order valence-corrected chi connectivity index (χ3v) is 1.83. The van der Waals surface area contributed by atoms with Crippen molar-refractivity contribution in [3.8, 4) is 5.75 Å². The highest BCUT2D eigenvalue weighted by Gasteiger charge is 2.08. The van der Waals surface area contributed by atoms with Gasteiger partial charge in [0.2, 0.25) is 5.76 Å². The number of aliphatic hydroxyl groups excluding tert-OH is 1. The minimum absolute atomic E-state index is 0.456. The van der Waals surface area contributed by atoms with Crippen LogP contribution >= 0.6 is 0 Å². The van der Waals surface area contributed by atoms with Gasteiger partial charge in [-0.15, -0.1) is 0 Å². The molecular weight excluding hydrogens is 196 g/mol. The van der Waals surface area contributed by atoms with Crippen LogP contribution in [0.2, 0.25) is 0 Å². The fraction of sp³-hybridized carbons (Fsp3) is 0.182. The topological polar surface area (TPSA) is 55.8 Å². The molecule has 0 bridgehead atoms. The normalized spacial score (nSPS) is 10.9. The number of esters is 1. The largest absolute Gasteiger partial charge is 0.502 e. The molecule has 0 spiro atoms. The average Bonchev–Trinajstić information content (AvgIpc) is 2.28. The summed E-state index contributed by atoms with van der Waals surface area (Å²) < 4.78 is 9.41. The Morgan fingerprint density at radius 1 is 1.33 bits per heavy atom. The molecule has 0 heterocycles. The number of aliphatic hydroxyl groups is 1. The van der Waals surface area contributed by atoms with E-state index in [9.17, 15) is 9.90 Å². The first-order valence-electron chi connectivity index (χ1n) is 4.31. The number of ether oxygens (including phenoxy) is 2. The van der Waals surface area contributed by atoms with Crippen LogP contribution in [0.4, 0.5) is 0 Å². The van der Waals surface area contributed by atoms with E-state index >= 15 is 0 Å². The molecule has 15 heavy (non-hydrogen) atoms. The van der Waals surface area contributed by atoms with E-state index < -0.39 is 11.7 Å². The lowest BCUT2D eigenvalue weighted by atomic mass is 10.2. The van der Waals surface area contributed by atoms with Gasteiger partial charge in [0.05, 0.1) is 14.2 Å². The summed E-state index contributed by atoms with van der Waals surface area (Å²) in [7, 11) is 2.72. The van der Waals surface area contributed by atoms with Gasteiger partial charge in [0, 0.05) is 5.56 Å². The fourth-order valence-electron chi connectivity index (χ4n) is 1.10. The van der Waals surface area contributed by atoms with E-state index in [0.717, 1.165) is 0 Å². The molecule has 0 aliphatic rings. The predicted octanol–water partition coefficient (Wildman–Crippen LogP) is 1.77. The van der Waals surface area contributed by atoms with Gasteiger partial charge in [-0.1, -0.05) is 18.2 Å². The van der Waals surface area contributed by atoms with E-state index in [1.165, 1.54) is 20.3 Å². The predicted molar refractivity (Wildman–Crippen MR) is 55.6 cm³/mol. The van der Waals surface area contributed by atoms with E-state index in [-0.39, 0.29) is 0 Å². The van der Waals surface area contributed by atoms with Crippen LogP contribution in [-0.2, 0) is 9.53 Å². The summed E-state index contributed by atoms with van der Waals surface area (Å²) >= 11 is 0. The van der Waals surface area contributed by atoms with E-state index in [2.05, 4.69) is 4.74 Å². The zero-order chi connectivity index (χ0) is 11.3. The first kappa shape index (κ1) is 11.1. The van der Waals surface area contributed by atoms with Crippen molar-refractivity contribution in [2.45, 2.75) is 0 Å². The van der Waals surface area contributed by atoms with Gasteiger partial charge in [-0.3, -0.25) is 0 Å². The minimum atomic E-state index is -0.777. The van der Waals surface area contributed by atoms with Crippen molar-refractivity contribution >= 4 is 12.0 Å². The molecule has 4 nitrogen and oxygen atoms in total. The molecule has 0 amide bonds. The standard InChI is InChI=1S/C11H12O4/c1-14-10-6-4-3-5-8(10)7-9(12)11(13)15-2/h3-7,12H,1-2H3/b9-7-. The summed E-state index contributed by atoms with van der Waals surface area (Å²) in [4.78, 5) is 10.9. The summed E-state index contributed by atoms with van der Waals surface area (Å²) in [6.45, 7) is 0. The number of hydrogen-bond acceptors (Lipinski definition) is 4. The first-order valence-corrected chi connectivity index (χ1v) is 4.31. The van der Waals surface area contributed by atoms with Gasteiger partial charge in [0.1, 0.15) is 5.75 Å². The lowest BCUT2D eigenvalue weighted by molar-refractivity contribution is -0.138. The number of carbonyl (C=O) groups is 1. The summed E-state index contributed by atoms with van der Waals surface area (Å²) in [5.74, 6) is -0.657. The van der Waals surface area contributed by atoms with E-state index in [0.29, 0.717) is 11.3 Å². The Kier molecular flexibility index (Phi) is 3.74. The molecule has 4 heteroatoms. The molecule has 0 aromatic heterocycles. The average molecular weight is 208 g/mol. The number of methoxy groups -OCH3 is 2. The third-order valence-electron chi connectivity index (χ3n) is 1.83. The maximum absolute atomic E-state index is 10.9. The van der Waals surface area contributed by atoms with Gasteiger partial charge < -0.3 is 14.6 Å². The molecule has 1 aromatic rings. The Morgan fingerprint density at radius 3 is 2.60 bits per heavy atom. The van der Waals surface area contributed by atoms with Gasteiger partial charge in [-0.05, 0) is 12.1 Å². The molecule has 1 rings (SSSR count). The summed E-state index contributed by atoms with van der Waals surface area (Å²) in [6.07, 6.45) is 1.30. The van der Waals surface area contributed by atoms with Crippen molar-refractivity contribution in [2.24, 2.45) is 0 Å². The highest BCUT2D eigenvalue weighted by atomic mass is 16.5. The van der Waals surface area contributed by atoms with Crippen LogP contribution < -0.4 is 4.74 Å². The molecule has 1 N–H and O–H groups in total. The third kappa shape index (κ3) is 2.74. The second-order valence-corrected chi connectivity index (χ2v) is 2.76. The Hall–Kier alpha value is -1.97. The van der Waals surface area contributed by atoms with Crippen LogP contribution in [0.3, 0.4) is 0 Å². The van der Waals surface area contributed by atoms with Crippen molar-refractivity contribution in [1.29, 1.82) is 0 Å². The van der Waals surface area contributed by atoms with Gasteiger partial charge in [-0.25, -0.2) is 4.79 Å². The molecule has 1 aromatic carbocycles. The molecule has 0 saturated heterocycles. The summed E-state index contributed by atoms with van der Waals surface area (Å²) in [5.41, 5.74) is 0.614. The second kappa shape index (κ2) is 5.05. The van der Waals surface area contributed by atoms with Crippen molar-refractivity contribution in [3.05, 3.63) is 35.6 Å². The number of rotatable bonds is 3. The van der Waals surface area contributed by atoms with Crippen LogP contribution in [0.1, 0.15) is 5.56 Å². The SMILES string of the molecule is COC(=O)/C(O)=C/c1ccccc1OC. The van der Waals surface area contributed by atoms with Gasteiger partial charge in [0.25, 0.3) is 0 Å². The van der Waals surface area contributed by atoms with Crippen LogP contribution in [0.25, 0.3) is 6.08 Å². The molecule has 0 radical (unpaired) electrons. The Labute approximate surface area is 87.7 Å². The minimum Gasteiger partial charge on any atom is -0.502 e. The number of carbonyl (C=O) groups excluding carboxylic acids is 1. The molecule has 0 saturated carbocycles. The lowest BCUT2D eigenvalue weighted by Gasteiger charge is -2.04. The van der Waals surface area contributed by atoms with Crippen molar-refractivity contribution in [1.82, 2.24) is 0 Å². The molecule has 0 unspecified atom stereocenters. The van der Waals surface area contributed by atoms with Crippen LogP contribution in [0.5, 0.6) is 5.75 Å². The van der Waals surface area contributed by atoms with Crippen LogP contribution in [0, 0.1) is 0 Å². The number of hydrogen-bond donors (Lipinski definition) is 1. The molecular formula is C11H12O4. The number of para-hydroxylation sites is 1. The van der Waals surface area contributed by atoms with Crippen LogP contribution in [-0.4, -0.2) is 25.3 Å². The zero-order valence-corrected chi connectivity index (χ0v) is 8.56. The smallest absolute Gasteiger partial charge is 0.373 e. The van der Waals surface area contributed by atoms with Crippen LogP contribution in [0.15, 0.2) is 30.0 Å². The Balaban J connectivity index is 3.02. The highest BCUT2D eigenvalue weighted by Crippen LogP contribution is 2.19. The maximum atomic E-state index is 10.9. The molecule has 0 fully saturated rings. The number of benzene rings is 1. The van der Waals surface area contributed by atoms with E-state index in [1.54, 1.807) is 24.3 Å². The van der Waals surface area contributed by atoms with Crippen molar-refractivity contribution < 1.29 is 19.4 Å². The van der Waals surface area contributed by atoms with Gasteiger partial charge in [0.15, 0.2) is 0 Å². The molecule has 0 atom stereocenters. The van der Waals surface area contributed by atoms with Gasteiger partial charge in [-0.2, -0.15) is 0 Å². The monoisotopic (exact) mass is 208 g/mol. The summed E-state index contributed by atoms with van der Waals surface area (Å²) in [6, 6.07) is 7.03. The molecule has 0 aliphatic carbocycles. The summed E-state index contributed by atoms with van der Waals surface area (Å²) in [5, 5.41) is 9.32. The Bertz CT molecular complexity index is 382. The molecule has 80 valence electrons. The lowest BCUT2D eigenvalue weighted by Crippen LogP contribution is -2.03. The van der Waals surface area contributed by atoms with E-state index in [1.807, 2.05) is 0 Å². The maximum Gasteiger partial charge on any atom is 0.373 e. The highest BCUT2D eigenvalue weighted by molar-refractivity contribution is 5.91. The van der Waals surface area contributed by atoms with Crippen molar-refractivity contribution in [3.63, 3.8) is 0 Å². The van der Waals surface area contributed by atoms with Crippen molar-refractivity contribution in [2.75, 3.05) is 14.2 Å². The zero-order valence-electron chi connectivity index (χ0n) is 8.56. The Morgan fingerprint density at radius 2 is 2.00 bits per heavy atom. The van der Waals surface area contributed by atoms with Gasteiger partial charge >= 0.3 is 5.97 Å². The van der Waals surface area contributed by atoms with E-state index in [4.69, 9.17) is 4.74 Å². The molecule has 0 aliphatic heterocycles. The quantitative estimate of drug-likeness (QED) is 0.467. The second-order valence-electron chi connectivity index (χ2n) is 2.76. The fourth-order valence-corrected chi connectivity index (χ4v) is 1.10. The first-order chi connectivity index (χ1) is 7.19.